The number of hydrogen-bond acceptors (Lipinski definition) is 3. The molecule has 23 heavy (non-hydrogen) atoms. The average Bonchev–Trinajstić information content (AvgIpc) is 2.53. The number of fused-ring (bicyclic) bond motifs is 3. The van der Waals surface area contributed by atoms with Gasteiger partial charge in [0.05, 0.1) is 0 Å². The molecule has 1 amide bonds. The summed E-state index contributed by atoms with van der Waals surface area (Å²) in [5.74, 6) is -0.159. The summed E-state index contributed by atoms with van der Waals surface area (Å²) in [5.41, 5.74) is 5.82. The SMILES string of the molecule is NCCCNC(=O)c1cc2cc(=O)[nH]cc2c2cc(Br)ccc12. The molecule has 0 aliphatic rings. The second-order valence-corrected chi connectivity index (χ2v) is 6.23. The van der Waals surface area contributed by atoms with E-state index in [2.05, 4.69) is 26.2 Å². The zero-order valence-corrected chi connectivity index (χ0v) is 13.9. The van der Waals surface area contributed by atoms with Crippen LogP contribution in [-0.2, 0) is 0 Å². The normalized spacial score (nSPS) is 11.0. The number of nitrogens with one attached hydrogen (secondary N) is 2. The number of halogens is 1. The van der Waals surface area contributed by atoms with E-state index in [0.29, 0.717) is 18.7 Å². The number of amides is 1. The number of benzene rings is 2. The summed E-state index contributed by atoms with van der Waals surface area (Å²) >= 11 is 3.46. The van der Waals surface area contributed by atoms with E-state index >= 15 is 0 Å². The predicted octanol–water partition coefficient (Wildman–Crippen LogP) is 2.52. The first kappa shape index (κ1) is 15.7. The third-order valence-electron chi connectivity index (χ3n) is 3.73. The zero-order chi connectivity index (χ0) is 16.4. The topological polar surface area (TPSA) is 88.0 Å². The number of nitrogens with two attached hydrogens (primary N) is 1. The third-order valence-corrected chi connectivity index (χ3v) is 4.22. The van der Waals surface area contributed by atoms with Crippen LogP contribution in [0.5, 0.6) is 0 Å². The Bertz CT molecular complexity index is 950. The van der Waals surface area contributed by atoms with Crippen LogP contribution in [0.15, 0.2) is 45.8 Å². The molecule has 0 radical (unpaired) electrons. The van der Waals surface area contributed by atoms with E-state index in [0.717, 1.165) is 32.4 Å². The van der Waals surface area contributed by atoms with E-state index < -0.39 is 0 Å². The van der Waals surface area contributed by atoms with Gasteiger partial charge < -0.3 is 16.0 Å². The largest absolute Gasteiger partial charge is 0.352 e. The first-order chi connectivity index (χ1) is 11.1. The summed E-state index contributed by atoms with van der Waals surface area (Å²) in [5, 5.41) is 6.27. The Kier molecular flexibility index (Phi) is 4.45. The molecule has 0 atom stereocenters. The fraction of sp³-hybridized carbons (Fsp3) is 0.176. The number of aromatic amines is 1. The lowest BCUT2D eigenvalue weighted by molar-refractivity contribution is 0.0955. The van der Waals surface area contributed by atoms with E-state index in [1.165, 1.54) is 6.07 Å². The standard InChI is InChI=1S/C17H16BrN3O2/c18-11-2-3-12-13(8-11)15-9-21-16(22)7-10(15)6-14(12)17(23)20-5-1-4-19/h2-3,6-9H,1,4-5,19H2,(H,20,23)(H,21,22). The minimum Gasteiger partial charge on any atom is -0.352 e. The number of carbonyl (C=O) groups excluding carboxylic acids is 1. The monoisotopic (exact) mass is 373 g/mol. The zero-order valence-electron chi connectivity index (χ0n) is 12.4. The summed E-state index contributed by atoms with van der Waals surface area (Å²) in [6, 6.07) is 9.02. The van der Waals surface area contributed by atoms with Crippen molar-refractivity contribution in [2.45, 2.75) is 6.42 Å². The van der Waals surface area contributed by atoms with Gasteiger partial charge in [-0.15, -0.1) is 0 Å². The van der Waals surface area contributed by atoms with Crippen LogP contribution < -0.4 is 16.6 Å². The third kappa shape index (κ3) is 3.13. The van der Waals surface area contributed by atoms with Gasteiger partial charge in [0.15, 0.2) is 0 Å². The Hall–Kier alpha value is -2.18. The van der Waals surface area contributed by atoms with Gasteiger partial charge in [0, 0.05) is 34.2 Å². The van der Waals surface area contributed by atoms with Crippen molar-refractivity contribution in [1.29, 1.82) is 0 Å². The van der Waals surface area contributed by atoms with Crippen LogP contribution in [0.3, 0.4) is 0 Å². The Morgan fingerprint density at radius 1 is 1.17 bits per heavy atom. The molecule has 2 aromatic carbocycles. The predicted molar refractivity (Wildman–Crippen MR) is 95.8 cm³/mol. The average molecular weight is 374 g/mol. The summed E-state index contributed by atoms with van der Waals surface area (Å²) in [7, 11) is 0. The van der Waals surface area contributed by atoms with E-state index in [4.69, 9.17) is 5.73 Å². The maximum Gasteiger partial charge on any atom is 0.251 e. The fourth-order valence-electron chi connectivity index (χ4n) is 2.63. The molecule has 4 N–H and O–H groups in total. The summed E-state index contributed by atoms with van der Waals surface area (Å²) < 4.78 is 0.915. The minimum absolute atomic E-state index is 0.159. The van der Waals surface area contributed by atoms with Crippen LogP contribution >= 0.6 is 15.9 Å². The molecule has 3 rings (SSSR count). The van der Waals surface area contributed by atoms with Crippen molar-refractivity contribution >= 4 is 43.4 Å². The first-order valence-corrected chi connectivity index (χ1v) is 8.12. The van der Waals surface area contributed by atoms with Gasteiger partial charge in [-0.3, -0.25) is 9.59 Å². The Labute approximate surface area is 141 Å². The molecule has 3 aromatic rings. The minimum atomic E-state index is -0.193. The maximum atomic E-state index is 12.5. The summed E-state index contributed by atoms with van der Waals surface area (Å²) in [6.07, 6.45) is 2.41. The molecule has 0 fully saturated rings. The highest BCUT2D eigenvalue weighted by Crippen LogP contribution is 2.30. The summed E-state index contributed by atoms with van der Waals surface area (Å²) in [6.45, 7) is 1.06. The van der Waals surface area contributed by atoms with E-state index in [-0.39, 0.29) is 11.5 Å². The molecule has 1 aromatic heterocycles. The molecule has 118 valence electrons. The lowest BCUT2D eigenvalue weighted by Crippen LogP contribution is -2.26. The van der Waals surface area contributed by atoms with Crippen LogP contribution in [0, 0.1) is 0 Å². The molecule has 6 heteroatoms. The fourth-order valence-corrected chi connectivity index (χ4v) is 3.00. The number of rotatable bonds is 4. The quantitative estimate of drug-likeness (QED) is 0.484. The second kappa shape index (κ2) is 6.52. The van der Waals surface area contributed by atoms with Crippen LogP contribution in [-0.4, -0.2) is 24.0 Å². The van der Waals surface area contributed by atoms with E-state index in [9.17, 15) is 9.59 Å². The molecule has 0 aliphatic heterocycles. The van der Waals surface area contributed by atoms with Gasteiger partial charge in [0.25, 0.3) is 5.91 Å². The molecule has 0 spiro atoms. The van der Waals surface area contributed by atoms with Gasteiger partial charge in [-0.25, -0.2) is 0 Å². The first-order valence-electron chi connectivity index (χ1n) is 7.33. The van der Waals surface area contributed by atoms with Crippen LogP contribution in [0.1, 0.15) is 16.8 Å². The van der Waals surface area contributed by atoms with Gasteiger partial charge in [-0.1, -0.05) is 22.0 Å². The highest BCUT2D eigenvalue weighted by molar-refractivity contribution is 9.10. The van der Waals surface area contributed by atoms with Crippen molar-refractivity contribution in [3.63, 3.8) is 0 Å². The molecule has 0 bridgehead atoms. The van der Waals surface area contributed by atoms with Crippen molar-refractivity contribution in [2.75, 3.05) is 13.1 Å². The van der Waals surface area contributed by atoms with E-state index in [1.807, 2.05) is 18.2 Å². The van der Waals surface area contributed by atoms with Crippen molar-refractivity contribution in [3.8, 4) is 0 Å². The van der Waals surface area contributed by atoms with Crippen LogP contribution in [0.4, 0.5) is 0 Å². The Morgan fingerprint density at radius 3 is 2.78 bits per heavy atom. The highest BCUT2D eigenvalue weighted by Gasteiger charge is 2.13. The lowest BCUT2D eigenvalue weighted by atomic mass is 9.98. The number of carbonyl (C=O) groups is 1. The molecular formula is C17H16BrN3O2. The maximum absolute atomic E-state index is 12.5. The number of aromatic nitrogens is 1. The molecular weight excluding hydrogens is 358 g/mol. The van der Waals surface area contributed by atoms with Crippen LogP contribution in [0.2, 0.25) is 0 Å². The van der Waals surface area contributed by atoms with Crippen LogP contribution in [0.25, 0.3) is 21.5 Å². The van der Waals surface area contributed by atoms with Gasteiger partial charge >= 0.3 is 0 Å². The van der Waals surface area contributed by atoms with Crippen molar-refractivity contribution in [3.05, 3.63) is 56.9 Å². The summed E-state index contributed by atoms with van der Waals surface area (Å²) in [4.78, 5) is 26.8. The molecule has 0 saturated heterocycles. The molecule has 0 aliphatic carbocycles. The molecule has 0 unspecified atom stereocenters. The molecule has 5 nitrogen and oxygen atoms in total. The van der Waals surface area contributed by atoms with E-state index in [1.54, 1.807) is 12.3 Å². The number of hydrogen-bond donors (Lipinski definition) is 3. The lowest BCUT2D eigenvalue weighted by Gasteiger charge is -2.11. The van der Waals surface area contributed by atoms with Crippen molar-refractivity contribution in [1.82, 2.24) is 10.3 Å². The Balaban J connectivity index is 2.22. The van der Waals surface area contributed by atoms with Gasteiger partial charge in [0.2, 0.25) is 5.56 Å². The second-order valence-electron chi connectivity index (χ2n) is 5.31. The van der Waals surface area contributed by atoms with Crippen molar-refractivity contribution in [2.24, 2.45) is 5.73 Å². The van der Waals surface area contributed by atoms with Gasteiger partial charge in [0.1, 0.15) is 0 Å². The smallest absolute Gasteiger partial charge is 0.251 e. The number of pyridine rings is 1. The van der Waals surface area contributed by atoms with Gasteiger partial charge in [-0.2, -0.15) is 0 Å². The van der Waals surface area contributed by atoms with Gasteiger partial charge in [-0.05, 0) is 47.3 Å². The van der Waals surface area contributed by atoms with Crippen molar-refractivity contribution < 1.29 is 4.79 Å². The number of H-pyrrole nitrogens is 1. The molecule has 1 heterocycles. The molecule has 0 saturated carbocycles. The highest BCUT2D eigenvalue weighted by atomic mass is 79.9. The Morgan fingerprint density at radius 2 is 2.00 bits per heavy atom.